The Morgan fingerprint density at radius 1 is 1.18 bits per heavy atom. The van der Waals surface area contributed by atoms with Gasteiger partial charge in [0.25, 0.3) is 10.0 Å². The summed E-state index contributed by atoms with van der Waals surface area (Å²) in [6.07, 6.45) is 3.40. The first-order valence-electron chi connectivity index (χ1n) is 6.60. The largest absolute Gasteiger partial charge is 0.497 e. The number of fused-ring (bicyclic) bond motifs is 1. The van der Waals surface area contributed by atoms with Crippen LogP contribution in [0.25, 0.3) is 5.65 Å². The lowest BCUT2D eigenvalue weighted by Gasteiger charge is -2.10. The molecule has 0 saturated heterocycles. The van der Waals surface area contributed by atoms with Gasteiger partial charge in [0.2, 0.25) is 0 Å². The van der Waals surface area contributed by atoms with Crippen LogP contribution in [0.3, 0.4) is 0 Å². The van der Waals surface area contributed by atoms with Crippen molar-refractivity contribution in [1.29, 1.82) is 0 Å². The quantitative estimate of drug-likeness (QED) is 0.802. The van der Waals surface area contributed by atoms with Crippen LogP contribution in [0.15, 0.2) is 53.7 Å². The lowest BCUT2D eigenvalue weighted by atomic mass is 10.3. The molecule has 0 radical (unpaired) electrons. The highest BCUT2D eigenvalue weighted by molar-refractivity contribution is 7.92. The number of nitrogens with zero attached hydrogens (tertiary/aromatic N) is 2. The number of anilines is 1. The summed E-state index contributed by atoms with van der Waals surface area (Å²) in [5.74, 6) is 1.04. The van der Waals surface area contributed by atoms with E-state index < -0.39 is 10.0 Å². The molecule has 1 N–H and O–H groups in total. The van der Waals surface area contributed by atoms with Crippen LogP contribution in [0.2, 0.25) is 0 Å². The van der Waals surface area contributed by atoms with Crippen molar-refractivity contribution in [1.82, 2.24) is 9.38 Å². The lowest BCUT2D eigenvalue weighted by molar-refractivity contribution is 0.414. The molecule has 3 aromatic rings. The van der Waals surface area contributed by atoms with E-state index in [1.54, 1.807) is 28.8 Å². The molecule has 0 aliphatic carbocycles. The first kappa shape index (κ1) is 14.4. The molecule has 1 aromatic carbocycles. The molecule has 0 atom stereocenters. The van der Waals surface area contributed by atoms with Crippen LogP contribution in [-0.2, 0) is 10.0 Å². The lowest BCUT2D eigenvalue weighted by Crippen LogP contribution is -2.15. The maximum Gasteiger partial charge on any atom is 0.263 e. The van der Waals surface area contributed by atoms with Crippen molar-refractivity contribution >= 4 is 21.5 Å². The normalized spacial score (nSPS) is 11.5. The average molecular weight is 317 g/mol. The van der Waals surface area contributed by atoms with Crippen molar-refractivity contribution in [2.75, 3.05) is 11.8 Å². The molecule has 0 aliphatic heterocycles. The van der Waals surface area contributed by atoms with E-state index in [0.717, 1.165) is 5.56 Å². The predicted molar refractivity (Wildman–Crippen MR) is 83.7 cm³/mol. The fraction of sp³-hybridized carbons (Fsp3) is 0.133. The molecule has 0 unspecified atom stereocenters. The molecule has 2 aromatic heterocycles. The molecule has 22 heavy (non-hydrogen) atoms. The molecule has 0 fully saturated rings. The zero-order valence-electron chi connectivity index (χ0n) is 12.1. The third-order valence-corrected chi connectivity index (χ3v) is 4.61. The van der Waals surface area contributed by atoms with Gasteiger partial charge in [-0.15, -0.1) is 0 Å². The number of rotatable bonds is 4. The Morgan fingerprint density at radius 3 is 2.59 bits per heavy atom. The third kappa shape index (κ3) is 2.62. The van der Waals surface area contributed by atoms with Gasteiger partial charge < -0.3 is 4.74 Å². The first-order valence-corrected chi connectivity index (χ1v) is 8.08. The summed E-state index contributed by atoms with van der Waals surface area (Å²) in [5, 5.41) is 0. The van der Waals surface area contributed by atoms with Gasteiger partial charge in [0.05, 0.1) is 12.0 Å². The third-order valence-electron chi connectivity index (χ3n) is 3.24. The van der Waals surface area contributed by atoms with E-state index in [4.69, 9.17) is 4.74 Å². The molecule has 2 heterocycles. The number of aromatic nitrogens is 2. The molecule has 0 spiro atoms. The van der Waals surface area contributed by atoms with Crippen LogP contribution in [0.5, 0.6) is 5.75 Å². The van der Waals surface area contributed by atoms with Gasteiger partial charge in [0.15, 0.2) is 0 Å². The number of hydrogen-bond acceptors (Lipinski definition) is 4. The van der Waals surface area contributed by atoms with E-state index in [9.17, 15) is 8.42 Å². The molecule has 0 saturated carbocycles. The van der Waals surface area contributed by atoms with Crippen molar-refractivity contribution in [2.45, 2.75) is 11.8 Å². The van der Waals surface area contributed by atoms with Gasteiger partial charge in [-0.1, -0.05) is 0 Å². The van der Waals surface area contributed by atoms with Gasteiger partial charge >= 0.3 is 0 Å². The van der Waals surface area contributed by atoms with Gasteiger partial charge in [0.1, 0.15) is 17.2 Å². The number of aryl methyl sites for hydroxylation is 1. The molecule has 6 nitrogen and oxygen atoms in total. The number of hydrogen-bond donors (Lipinski definition) is 1. The molecule has 7 heteroatoms. The van der Waals surface area contributed by atoms with E-state index in [1.807, 2.05) is 19.2 Å². The summed E-state index contributed by atoms with van der Waals surface area (Å²) in [6, 6.07) is 9.71. The van der Waals surface area contributed by atoms with Crippen molar-refractivity contribution in [3.63, 3.8) is 0 Å². The molecular formula is C15H15N3O3S. The SMILES string of the molecule is COc1ccc(S(=O)(=O)Nc2ccnc3cc(C)cn23)cc1. The second-order valence-electron chi connectivity index (χ2n) is 4.86. The number of methoxy groups -OCH3 is 1. The van der Waals surface area contributed by atoms with Crippen LogP contribution in [0.4, 0.5) is 5.82 Å². The van der Waals surface area contributed by atoms with Gasteiger partial charge in [-0.05, 0) is 48.9 Å². The summed E-state index contributed by atoms with van der Waals surface area (Å²) >= 11 is 0. The first-order chi connectivity index (χ1) is 10.5. The molecular weight excluding hydrogens is 302 g/mol. The summed E-state index contributed by atoms with van der Waals surface area (Å²) in [4.78, 5) is 4.37. The van der Waals surface area contributed by atoms with Crippen LogP contribution >= 0.6 is 0 Å². The topological polar surface area (TPSA) is 72.7 Å². The second kappa shape index (κ2) is 5.34. The fourth-order valence-electron chi connectivity index (χ4n) is 2.17. The molecule has 3 rings (SSSR count). The number of benzene rings is 1. The minimum atomic E-state index is -3.67. The summed E-state index contributed by atoms with van der Waals surface area (Å²) in [7, 11) is -2.14. The van der Waals surface area contributed by atoms with Crippen molar-refractivity contribution in [2.24, 2.45) is 0 Å². The van der Waals surface area contributed by atoms with Gasteiger partial charge in [-0.2, -0.15) is 0 Å². The molecule has 114 valence electrons. The van der Waals surface area contributed by atoms with Gasteiger partial charge in [0, 0.05) is 12.4 Å². The molecule has 0 amide bonds. The fourth-order valence-corrected chi connectivity index (χ4v) is 3.23. The van der Waals surface area contributed by atoms with E-state index >= 15 is 0 Å². The van der Waals surface area contributed by atoms with Gasteiger partial charge in [-0.25, -0.2) is 13.4 Å². The summed E-state index contributed by atoms with van der Waals surface area (Å²) in [6.45, 7) is 1.93. The molecule has 0 aliphatic rings. The highest BCUT2D eigenvalue weighted by atomic mass is 32.2. The van der Waals surface area contributed by atoms with Gasteiger partial charge in [-0.3, -0.25) is 9.12 Å². The van der Waals surface area contributed by atoms with Crippen LogP contribution in [0, 0.1) is 6.92 Å². The Kier molecular flexibility index (Phi) is 3.50. The maximum absolute atomic E-state index is 12.5. The monoisotopic (exact) mass is 317 g/mol. The standard InChI is InChI=1S/C15H15N3O3S/c1-11-9-15-16-8-7-14(18(15)10-11)17-22(19,20)13-5-3-12(21-2)4-6-13/h3-10,17H,1-2H3. The number of nitrogens with one attached hydrogen (secondary N) is 1. The van der Waals surface area contributed by atoms with Crippen molar-refractivity contribution in [3.8, 4) is 5.75 Å². The van der Waals surface area contributed by atoms with Crippen molar-refractivity contribution < 1.29 is 13.2 Å². The Bertz CT molecular complexity index is 915. The van der Waals surface area contributed by atoms with E-state index in [0.29, 0.717) is 17.2 Å². The number of sulfonamides is 1. The van der Waals surface area contributed by atoms with Crippen LogP contribution in [0.1, 0.15) is 5.56 Å². The highest BCUT2D eigenvalue weighted by Crippen LogP contribution is 2.20. The average Bonchev–Trinajstić information content (AvgIpc) is 2.88. The Hall–Kier alpha value is -2.54. The van der Waals surface area contributed by atoms with E-state index in [2.05, 4.69) is 9.71 Å². The minimum Gasteiger partial charge on any atom is -0.497 e. The molecule has 0 bridgehead atoms. The number of ether oxygens (including phenoxy) is 1. The maximum atomic E-state index is 12.5. The van der Waals surface area contributed by atoms with E-state index in [-0.39, 0.29) is 4.90 Å². The second-order valence-corrected chi connectivity index (χ2v) is 6.54. The zero-order chi connectivity index (χ0) is 15.7. The minimum absolute atomic E-state index is 0.169. The van der Waals surface area contributed by atoms with Crippen LogP contribution < -0.4 is 9.46 Å². The van der Waals surface area contributed by atoms with Crippen molar-refractivity contribution in [3.05, 3.63) is 54.4 Å². The smallest absolute Gasteiger partial charge is 0.263 e. The predicted octanol–water partition coefficient (Wildman–Crippen LogP) is 2.45. The zero-order valence-corrected chi connectivity index (χ0v) is 13.0. The summed E-state index contributed by atoms with van der Waals surface area (Å²) < 4.78 is 34.3. The Morgan fingerprint density at radius 2 is 1.91 bits per heavy atom. The highest BCUT2D eigenvalue weighted by Gasteiger charge is 2.16. The Balaban J connectivity index is 1.98. The Labute approximate surface area is 128 Å². The van der Waals surface area contributed by atoms with Crippen LogP contribution in [-0.4, -0.2) is 24.9 Å². The van der Waals surface area contributed by atoms with E-state index in [1.165, 1.54) is 19.2 Å². The summed E-state index contributed by atoms with van der Waals surface area (Å²) in [5.41, 5.74) is 1.69.